The maximum Gasteiger partial charge on any atom is 0.407 e. The van der Waals surface area contributed by atoms with Crippen molar-refractivity contribution in [3.63, 3.8) is 0 Å². The van der Waals surface area contributed by atoms with Crippen molar-refractivity contribution < 1.29 is 48.1 Å². The minimum Gasteiger partial charge on any atom is -0.483 e. The lowest BCUT2D eigenvalue weighted by Gasteiger charge is -2.37. The maximum absolute atomic E-state index is 13.9. The molecule has 0 bridgehead atoms. The standard InChI is InChI=1S/C37H48N6O10/c1-23-8-9-25-27(17-23)39-28(18-30(25)52-19-31(44)43-12-4-7-29(43)34(47)38-24-5-3-6-24)33(46)40-26(10-11-32(45)53-22-37(2)20-51-21-37)35(48)41-13-15-42(16-14-41)36(49)50/h8-9,17-18,24,26,29H,3-7,10-16,19-22H2,1-2H3,(H,38,47)(H,40,46)(H,49,50)/t26-,29-/m0/s1. The van der Waals surface area contributed by atoms with Gasteiger partial charge < -0.3 is 44.7 Å². The average molecular weight is 737 g/mol. The van der Waals surface area contributed by atoms with E-state index in [1.807, 2.05) is 19.9 Å². The fraction of sp³-hybridized carbons (Fsp3) is 0.595. The summed E-state index contributed by atoms with van der Waals surface area (Å²) in [6.07, 6.45) is 2.96. The van der Waals surface area contributed by atoms with E-state index >= 15 is 0 Å². The van der Waals surface area contributed by atoms with Gasteiger partial charge in [-0.25, -0.2) is 9.78 Å². The molecule has 16 heteroatoms. The van der Waals surface area contributed by atoms with E-state index in [0.29, 0.717) is 43.5 Å². The molecule has 286 valence electrons. The minimum atomic E-state index is -1.15. The number of rotatable bonds is 13. The smallest absolute Gasteiger partial charge is 0.407 e. The number of hydrogen-bond donors (Lipinski definition) is 3. The molecule has 4 aliphatic rings. The summed E-state index contributed by atoms with van der Waals surface area (Å²) < 4.78 is 16.7. The molecule has 2 atom stereocenters. The van der Waals surface area contributed by atoms with E-state index < -0.39 is 36.0 Å². The van der Waals surface area contributed by atoms with Crippen LogP contribution in [-0.2, 0) is 28.7 Å². The van der Waals surface area contributed by atoms with Crippen LogP contribution in [0.1, 0.15) is 67.9 Å². The Hall–Kier alpha value is -4.99. The highest BCUT2D eigenvalue weighted by Crippen LogP contribution is 2.29. The molecule has 2 aromatic rings. The molecule has 6 rings (SSSR count). The number of nitrogens with one attached hydrogen (secondary N) is 2. The quantitative estimate of drug-likeness (QED) is 0.254. The molecule has 53 heavy (non-hydrogen) atoms. The van der Waals surface area contributed by atoms with Crippen LogP contribution in [0.2, 0.25) is 0 Å². The zero-order valence-electron chi connectivity index (χ0n) is 30.3. The zero-order chi connectivity index (χ0) is 37.7. The van der Waals surface area contributed by atoms with Crippen LogP contribution in [0.25, 0.3) is 10.9 Å². The number of fused-ring (bicyclic) bond motifs is 1. The van der Waals surface area contributed by atoms with Gasteiger partial charge in [-0.2, -0.15) is 0 Å². The van der Waals surface area contributed by atoms with E-state index in [1.54, 1.807) is 17.0 Å². The third kappa shape index (κ3) is 9.15. The molecule has 16 nitrogen and oxygen atoms in total. The summed E-state index contributed by atoms with van der Waals surface area (Å²) in [6.45, 7) is 5.49. The molecule has 1 saturated carbocycles. The first kappa shape index (κ1) is 37.8. The van der Waals surface area contributed by atoms with E-state index in [0.717, 1.165) is 24.8 Å². The minimum absolute atomic E-state index is 0.0638. The normalized spacial score (nSPS) is 20.2. The molecule has 1 aromatic carbocycles. The van der Waals surface area contributed by atoms with Gasteiger partial charge in [0.05, 0.1) is 18.7 Å². The van der Waals surface area contributed by atoms with Crippen molar-refractivity contribution in [2.24, 2.45) is 5.41 Å². The van der Waals surface area contributed by atoms with Crippen LogP contribution < -0.4 is 15.4 Å². The predicted molar refractivity (Wildman–Crippen MR) is 189 cm³/mol. The lowest BCUT2D eigenvalue weighted by molar-refractivity contribution is -0.165. The Morgan fingerprint density at radius 1 is 1.00 bits per heavy atom. The number of ether oxygens (including phenoxy) is 3. The van der Waals surface area contributed by atoms with Crippen LogP contribution in [0.4, 0.5) is 4.79 Å². The summed E-state index contributed by atoms with van der Waals surface area (Å²) in [7, 11) is 0. The molecule has 0 radical (unpaired) electrons. The Labute approximate surface area is 307 Å². The summed E-state index contributed by atoms with van der Waals surface area (Å²) in [5.74, 6) is -1.96. The molecule has 5 amide bonds. The highest BCUT2D eigenvalue weighted by Gasteiger charge is 2.37. The van der Waals surface area contributed by atoms with Crippen molar-refractivity contribution in [2.45, 2.75) is 76.9 Å². The number of piperazine rings is 1. The molecule has 1 aliphatic carbocycles. The van der Waals surface area contributed by atoms with Gasteiger partial charge in [0.2, 0.25) is 11.8 Å². The van der Waals surface area contributed by atoms with Crippen LogP contribution >= 0.6 is 0 Å². The Bertz CT molecular complexity index is 1740. The van der Waals surface area contributed by atoms with Crippen LogP contribution in [0.5, 0.6) is 5.75 Å². The molecular weight excluding hydrogens is 688 g/mol. The Morgan fingerprint density at radius 2 is 1.74 bits per heavy atom. The van der Waals surface area contributed by atoms with Crippen molar-refractivity contribution >= 4 is 46.6 Å². The number of nitrogens with zero attached hydrogens (tertiary/aromatic N) is 4. The molecule has 0 unspecified atom stereocenters. The summed E-state index contributed by atoms with van der Waals surface area (Å²) in [5, 5.41) is 15.7. The predicted octanol–water partition coefficient (Wildman–Crippen LogP) is 1.86. The van der Waals surface area contributed by atoms with Crippen LogP contribution in [-0.4, -0.2) is 138 Å². The second-order valence-corrected chi connectivity index (χ2v) is 14.8. The lowest BCUT2D eigenvalue weighted by Crippen LogP contribution is -2.55. The van der Waals surface area contributed by atoms with E-state index in [4.69, 9.17) is 14.2 Å². The molecular formula is C37H48N6O10. The first-order valence-electron chi connectivity index (χ1n) is 18.3. The summed E-state index contributed by atoms with van der Waals surface area (Å²) in [6, 6.07) is 5.29. The largest absolute Gasteiger partial charge is 0.483 e. The number of carbonyl (C=O) groups excluding carboxylic acids is 5. The van der Waals surface area contributed by atoms with Crippen molar-refractivity contribution in [1.29, 1.82) is 0 Å². The average Bonchev–Trinajstić information content (AvgIpc) is 3.62. The van der Waals surface area contributed by atoms with E-state index in [-0.39, 0.29) is 86.9 Å². The van der Waals surface area contributed by atoms with Crippen molar-refractivity contribution in [3.8, 4) is 5.75 Å². The van der Waals surface area contributed by atoms with Crippen LogP contribution in [0.3, 0.4) is 0 Å². The van der Waals surface area contributed by atoms with Gasteiger partial charge in [-0.1, -0.05) is 13.0 Å². The summed E-state index contributed by atoms with van der Waals surface area (Å²) in [5.41, 5.74) is 0.979. The molecule has 1 aromatic heterocycles. The van der Waals surface area contributed by atoms with Gasteiger partial charge >= 0.3 is 12.1 Å². The van der Waals surface area contributed by atoms with Crippen molar-refractivity contribution in [1.82, 2.24) is 30.3 Å². The lowest BCUT2D eigenvalue weighted by atomic mass is 9.90. The fourth-order valence-electron chi connectivity index (χ4n) is 6.90. The van der Waals surface area contributed by atoms with Gasteiger partial charge in [0.25, 0.3) is 11.8 Å². The molecule has 3 saturated heterocycles. The second kappa shape index (κ2) is 16.4. The van der Waals surface area contributed by atoms with Gasteiger partial charge in [-0.3, -0.25) is 24.0 Å². The number of carbonyl (C=O) groups is 6. The Kier molecular flexibility index (Phi) is 11.6. The van der Waals surface area contributed by atoms with Crippen molar-refractivity contribution in [2.75, 3.05) is 59.2 Å². The number of likely N-dealkylation sites (tertiary alicyclic amines) is 1. The van der Waals surface area contributed by atoms with Crippen LogP contribution in [0, 0.1) is 12.3 Å². The SMILES string of the molecule is Cc1ccc2c(OCC(=O)N3CCC[C@H]3C(=O)NC3CCC3)cc(C(=O)N[C@@H](CCC(=O)OCC3(C)COC3)C(=O)N3CCN(C(=O)O)CC3)nc2c1. The zero-order valence-corrected chi connectivity index (χ0v) is 30.3. The molecule has 0 spiro atoms. The maximum atomic E-state index is 13.9. The number of hydrogen-bond acceptors (Lipinski definition) is 10. The van der Waals surface area contributed by atoms with Crippen molar-refractivity contribution in [3.05, 3.63) is 35.5 Å². The monoisotopic (exact) mass is 736 g/mol. The summed E-state index contributed by atoms with van der Waals surface area (Å²) in [4.78, 5) is 86.9. The van der Waals surface area contributed by atoms with Crippen LogP contribution in [0.15, 0.2) is 24.3 Å². The number of aromatic nitrogens is 1. The molecule has 3 aliphatic heterocycles. The first-order chi connectivity index (χ1) is 25.4. The van der Waals surface area contributed by atoms with Gasteiger partial charge in [-0.15, -0.1) is 0 Å². The Balaban J connectivity index is 1.16. The van der Waals surface area contributed by atoms with E-state index in [1.165, 1.54) is 15.9 Å². The second-order valence-electron chi connectivity index (χ2n) is 14.8. The number of benzene rings is 1. The van der Waals surface area contributed by atoms with Gasteiger partial charge in [0.15, 0.2) is 6.61 Å². The number of carboxylic acid groups (broad SMARTS) is 1. The van der Waals surface area contributed by atoms with Gasteiger partial charge in [0, 0.05) is 62.1 Å². The van der Waals surface area contributed by atoms with E-state index in [2.05, 4.69) is 15.6 Å². The third-order valence-electron chi connectivity index (χ3n) is 10.4. The fourth-order valence-corrected chi connectivity index (χ4v) is 6.90. The number of pyridine rings is 1. The summed E-state index contributed by atoms with van der Waals surface area (Å²) >= 11 is 0. The highest BCUT2D eigenvalue weighted by atomic mass is 16.5. The topological polar surface area (TPSA) is 197 Å². The highest BCUT2D eigenvalue weighted by molar-refractivity contribution is 5.99. The third-order valence-corrected chi connectivity index (χ3v) is 10.4. The Morgan fingerprint density at radius 3 is 2.40 bits per heavy atom. The van der Waals surface area contributed by atoms with Gasteiger partial charge in [0.1, 0.15) is 30.1 Å². The van der Waals surface area contributed by atoms with Gasteiger partial charge in [-0.05, 0) is 63.1 Å². The van der Waals surface area contributed by atoms with E-state index in [9.17, 15) is 33.9 Å². The number of aryl methyl sites for hydroxylation is 1. The molecule has 3 N–H and O–H groups in total. The molecule has 4 fully saturated rings. The number of amides is 5. The molecule has 4 heterocycles. The number of esters is 1. The first-order valence-corrected chi connectivity index (χ1v) is 18.3.